The van der Waals surface area contributed by atoms with E-state index in [2.05, 4.69) is 34.6 Å². The van der Waals surface area contributed by atoms with E-state index in [1.54, 1.807) is 6.26 Å². The number of nitrogens with zero attached hydrogens (tertiary/aromatic N) is 3. The lowest BCUT2D eigenvalue weighted by molar-refractivity contribution is 0.146. The van der Waals surface area contributed by atoms with Crippen molar-refractivity contribution >= 4 is 29.9 Å². The monoisotopic (exact) mass is 507 g/mol. The molecule has 1 aromatic heterocycles. The third kappa shape index (κ3) is 7.05. The number of piperidine rings is 1. The first-order valence-electron chi connectivity index (χ1n) is 10.1. The molecule has 0 saturated carbocycles. The van der Waals surface area contributed by atoms with Crippen molar-refractivity contribution in [1.29, 1.82) is 5.26 Å². The molecule has 2 heterocycles. The number of nitrogens with one attached hydrogen (secondary N) is 2. The molecule has 1 aliphatic rings. The Hall–Kier alpha value is -2.05. The fourth-order valence-electron chi connectivity index (χ4n) is 3.51. The summed E-state index contributed by atoms with van der Waals surface area (Å²) in [4.78, 5) is 7.20. The molecule has 0 spiro atoms. The van der Waals surface area contributed by atoms with E-state index in [9.17, 15) is 0 Å². The highest BCUT2D eigenvalue weighted by Crippen LogP contribution is 2.24. The molecular formula is C22H30IN5O. The largest absolute Gasteiger partial charge is 0.468 e. The second-order valence-corrected chi connectivity index (χ2v) is 7.01. The van der Waals surface area contributed by atoms with Gasteiger partial charge in [0.15, 0.2) is 5.96 Å². The molecule has 7 heteroatoms. The summed E-state index contributed by atoms with van der Waals surface area (Å²) in [6, 6.07) is 13.9. The van der Waals surface area contributed by atoms with E-state index in [0.717, 1.165) is 43.5 Å². The Balaban J connectivity index is 0.00000300. The lowest BCUT2D eigenvalue weighted by atomic mass is 10.1. The minimum Gasteiger partial charge on any atom is -0.468 e. The molecule has 0 bridgehead atoms. The third-order valence-electron chi connectivity index (χ3n) is 5.01. The summed E-state index contributed by atoms with van der Waals surface area (Å²) in [7, 11) is 0. The van der Waals surface area contributed by atoms with Crippen molar-refractivity contribution in [3.05, 3.63) is 59.5 Å². The number of likely N-dealkylation sites (tertiary alicyclic amines) is 1. The minimum absolute atomic E-state index is 0. The molecule has 1 saturated heterocycles. The Morgan fingerprint density at radius 3 is 2.55 bits per heavy atom. The summed E-state index contributed by atoms with van der Waals surface area (Å²) in [6.45, 7) is 6.38. The van der Waals surface area contributed by atoms with Gasteiger partial charge in [-0.25, -0.2) is 4.99 Å². The van der Waals surface area contributed by atoms with E-state index in [1.807, 2.05) is 30.3 Å². The van der Waals surface area contributed by atoms with Crippen molar-refractivity contribution in [2.75, 3.05) is 26.2 Å². The van der Waals surface area contributed by atoms with Crippen molar-refractivity contribution < 1.29 is 4.42 Å². The number of hydrogen-bond acceptors (Lipinski definition) is 4. The highest BCUT2D eigenvalue weighted by molar-refractivity contribution is 14.0. The van der Waals surface area contributed by atoms with E-state index in [4.69, 9.17) is 14.7 Å². The molecule has 0 amide bonds. The van der Waals surface area contributed by atoms with Gasteiger partial charge in [0.1, 0.15) is 5.76 Å². The number of guanidine groups is 1. The van der Waals surface area contributed by atoms with E-state index in [0.29, 0.717) is 12.1 Å². The molecule has 1 fully saturated rings. The van der Waals surface area contributed by atoms with Crippen LogP contribution in [0.3, 0.4) is 0 Å². The third-order valence-corrected chi connectivity index (χ3v) is 5.01. The van der Waals surface area contributed by atoms with Crippen LogP contribution in [-0.2, 0) is 6.54 Å². The van der Waals surface area contributed by atoms with Gasteiger partial charge in [0.2, 0.25) is 0 Å². The zero-order chi connectivity index (χ0) is 19.6. The summed E-state index contributed by atoms with van der Waals surface area (Å²) in [5.74, 6) is 1.79. The lowest BCUT2D eigenvalue weighted by Gasteiger charge is -2.33. The summed E-state index contributed by atoms with van der Waals surface area (Å²) in [5, 5.41) is 15.7. The summed E-state index contributed by atoms with van der Waals surface area (Å²) in [5.41, 5.74) is 1.75. The number of hydrogen-bond donors (Lipinski definition) is 2. The molecule has 6 nitrogen and oxygen atoms in total. The summed E-state index contributed by atoms with van der Waals surface area (Å²) in [6.07, 6.45) is 5.54. The maximum Gasteiger partial charge on any atom is 0.191 e. The summed E-state index contributed by atoms with van der Waals surface area (Å²) < 4.78 is 5.72. The van der Waals surface area contributed by atoms with Crippen LogP contribution in [0.15, 0.2) is 52.1 Å². The second-order valence-electron chi connectivity index (χ2n) is 7.01. The Morgan fingerprint density at radius 1 is 1.17 bits per heavy atom. The Morgan fingerprint density at radius 2 is 1.93 bits per heavy atom. The van der Waals surface area contributed by atoms with Crippen LogP contribution in [-0.4, -0.2) is 37.0 Å². The minimum atomic E-state index is 0. The van der Waals surface area contributed by atoms with Gasteiger partial charge in [-0.2, -0.15) is 5.26 Å². The predicted octanol–water partition coefficient (Wildman–Crippen LogP) is 4.05. The van der Waals surface area contributed by atoms with Crippen LogP contribution in [0.4, 0.5) is 0 Å². The van der Waals surface area contributed by atoms with Crippen molar-refractivity contribution in [1.82, 2.24) is 15.5 Å². The van der Waals surface area contributed by atoms with E-state index in [-0.39, 0.29) is 30.0 Å². The van der Waals surface area contributed by atoms with Crippen LogP contribution in [0.25, 0.3) is 0 Å². The van der Waals surface area contributed by atoms with Crippen molar-refractivity contribution in [3.8, 4) is 6.07 Å². The molecule has 0 radical (unpaired) electrons. The van der Waals surface area contributed by atoms with Crippen LogP contribution in [0.2, 0.25) is 0 Å². The van der Waals surface area contributed by atoms with Gasteiger partial charge in [0, 0.05) is 13.1 Å². The lowest BCUT2D eigenvalue weighted by Crippen LogP contribution is -2.44. The smallest absolute Gasteiger partial charge is 0.191 e. The molecule has 1 aromatic carbocycles. The SMILES string of the molecule is CCNC(=NCc1ccc(C#N)cc1)NCC(c1ccco1)N1CCCCC1.I. The Bertz CT molecular complexity index is 777. The number of halogens is 1. The van der Waals surface area contributed by atoms with Gasteiger partial charge < -0.3 is 15.1 Å². The molecule has 1 atom stereocenters. The van der Waals surface area contributed by atoms with Crippen LogP contribution >= 0.6 is 24.0 Å². The molecule has 3 rings (SSSR count). The van der Waals surface area contributed by atoms with Gasteiger partial charge in [0.25, 0.3) is 0 Å². The first-order chi connectivity index (χ1) is 13.8. The Labute approximate surface area is 190 Å². The zero-order valence-corrected chi connectivity index (χ0v) is 19.3. The van der Waals surface area contributed by atoms with E-state index in [1.165, 1.54) is 19.3 Å². The number of rotatable bonds is 7. The summed E-state index contributed by atoms with van der Waals surface area (Å²) >= 11 is 0. The average Bonchev–Trinajstić information content (AvgIpc) is 3.28. The zero-order valence-electron chi connectivity index (χ0n) is 16.9. The fraction of sp³-hybridized carbons (Fsp3) is 0.455. The van der Waals surface area contributed by atoms with Gasteiger partial charge in [-0.15, -0.1) is 24.0 Å². The van der Waals surface area contributed by atoms with E-state index < -0.39 is 0 Å². The molecular weight excluding hydrogens is 477 g/mol. The normalized spacial score (nSPS) is 15.8. The number of nitriles is 1. The average molecular weight is 507 g/mol. The van der Waals surface area contributed by atoms with Crippen LogP contribution in [0.5, 0.6) is 0 Å². The Kier molecular flexibility index (Phi) is 10.0. The van der Waals surface area contributed by atoms with Crippen molar-refractivity contribution in [3.63, 3.8) is 0 Å². The molecule has 156 valence electrons. The number of aliphatic imine (C=N–C) groups is 1. The van der Waals surface area contributed by atoms with Crippen LogP contribution < -0.4 is 10.6 Å². The topological polar surface area (TPSA) is 76.6 Å². The van der Waals surface area contributed by atoms with Gasteiger partial charge in [-0.05, 0) is 62.7 Å². The predicted molar refractivity (Wildman–Crippen MR) is 126 cm³/mol. The quantitative estimate of drug-likeness (QED) is 0.336. The highest BCUT2D eigenvalue weighted by atomic mass is 127. The highest BCUT2D eigenvalue weighted by Gasteiger charge is 2.24. The van der Waals surface area contributed by atoms with Crippen molar-refractivity contribution in [2.45, 2.75) is 38.8 Å². The maximum absolute atomic E-state index is 8.92. The fourth-order valence-corrected chi connectivity index (χ4v) is 3.51. The van der Waals surface area contributed by atoms with Gasteiger partial charge in [-0.1, -0.05) is 18.6 Å². The molecule has 1 aliphatic heterocycles. The molecule has 2 aromatic rings. The van der Waals surface area contributed by atoms with Gasteiger partial charge >= 0.3 is 0 Å². The van der Waals surface area contributed by atoms with Crippen LogP contribution in [0.1, 0.15) is 49.1 Å². The number of furan rings is 1. The first-order valence-corrected chi connectivity index (χ1v) is 10.1. The standard InChI is InChI=1S/C22H29N5O.HI/c1-2-24-22(25-16-19-10-8-18(15-23)9-11-19)26-17-20(21-7-6-14-28-21)27-12-4-3-5-13-27;/h6-11,14,20H,2-5,12-13,16-17H2,1H3,(H2,24,25,26);1H. The molecule has 1 unspecified atom stereocenters. The molecule has 29 heavy (non-hydrogen) atoms. The van der Waals surface area contributed by atoms with Crippen molar-refractivity contribution in [2.24, 2.45) is 4.99 Å². The van der Waals surface area contributed by atoms with Gasteiger partial charge in [-0.3, -0.25) is 4.90 Å². The molecule has 2 N–H and O–H groups in total. The molecule has 0 aliphatic carbocycles. The van der Waals surface area contributed by atoms with E-state index >= 15 is 0 Å². The van der Waals surface area contributed by atoms with Crippen LogP contribution in [0, 0.1) is 11.3 Å². The van der Waals surface area contributed by atoms with Gasteiger partial charge in [0.05, 0.1) is 30.5 Å². The first kappa shape index (κ1) is 23.2. The maximum atomic E-state index is 8.92. The second kappa shape index (κ2) is 12.5. The number of benzene rings is 1.